The molecule has 5 heteroatoms. The van der Waals surface area contributed by atoms with E-state index in [1.54, 1.807) is 19.0 Å². The minimum atomic E-state index is -0.878. The fraction of sp³-hybridized carbons (Fsp3) is 0.556. The van der Waals surface area contributed by atoms with Gasteiger partial charge < -0.3 is 10.1 Å². The molecule has 0 aliphatic heterocycles. The monoisotopic (exact) mass is 197 g/mol. The van der Waals surface area contributed by atoms with Crippen LogP contribution in [0.25, 0.3) is 0 Å². The van der Waals surface area contributed by atoms with Crippen LogP contribution in [0.15, 0.2) is 6.33 Å². The molecular weight excluding hydrogens is 182 g/mol. The average molecular weight is 197 g/mol. The molecule has 0 amide bonds. The van der Waals surface area contributed by atoms with E-state index in [0.717, 1.165) is 12.1 Å². The quantitative estimate of drug-likeness (QED) is 0.744. The molecule has 0 aliphatic carbocycles. The molecular formula is C9H15N3O2. The summed E-state index contributed by atoms with van der Waals surface area (Å²) in [6.45, 7) is 1.96. The van der Waals surface area contributed by atoms with Crippen LogP contribution in [0.3, 0.4) is 0 Å². The summed E-state index contributed by atoms with van der Waals surface area (Å²) in [6.07, 6.45) is 2.29. The second kappa shape index (κ2) is 4.23. The lowest BCUT2D eigenvalue weighted by atomic mass is 10.1. The third-order valence-corrected chi connectivity index (χ3v) is 2.11. The number of aromatic amines is 1. The van der Waals surface area contributed by atoms with Gasteiger partial charge in [0.2, 0.25) is 0 Å². The molecule has 0 aliphatic rings. The molecule has 0 fully saturated rings. The number of carboxylic acid groups (broad SMARTS) is 1. The summed E-state index contributed by atoms with van der Waals surface area (Å²) in [7, 11) is 3.46. The third-order valence-electron chi connectivity index (χ3n) is 2.11. The van der Waals surface area contributed by atoms with Crippen molar-refractivity contribution in [3.05, 3.63) is 17.7 Å². The second-order valence-corrected chi connectivity index (χ2v) is 3.32. The summed E-state index contributed by atoms with van der Waals surface area (Å²) < 4.78 is 0. The summed E-state index contributed by atoms with van der Waals surface area (Å²) in [5, 5.41) is 9.04. The predicted octanol–water partition coefficient (Wildman–Crippen LogP) is 0.659. The highest BCUT2D eigenvalue weighted by atomic mass is 16.4. The van der Waals surface area contributed by atoms with E-state index in [9.17, 15) is 4.79 Å². The average Bonchev–Trinajstić information content (AvgIpc) is 2.51. The van der Waals surface area contributed by atoms with E-state index < -0.39 is 12.0 Å². The van der Waals surface area contributed by atoms with Crippen molar-refractivity contribution in [3.63, 3.8) is 0 Å². The molecule has 1 aromatic heterocycles. The molecule has 1 unspecified atom stereocenters. The SMILES string of the molecule is CCc1[nH]cnc1C(C(=O)O)N(C)C. The number of nitrogens with zero attached hydrogens (tertiary/aromatic N) is 2. The van der Waals surface area contributed by atoms with Crippen molar-refractivity contribution in [2.75, 3.05) is 14.1 Å². The molecule has 0 radical (unpaired) electrons. The topological polar surface area (TPSA) is 69.2 Å². The van der Waals surface area contributed by atoms with E-state index in [-0.39, 0.29) is 0 Å². The Morgan fingerprint density at radius 1 is 1.71 bits per heavy atom. The summed E-state index contributed by atoms with van der Waals surface area (Å²) in [5.41, 5.74) is 1.48. The van der Waals surface area contributed by atoms with Crippen molar-refractivity contribution in [1.29, 1.82) is 0 Å². The number of aromatic nitrogens is 2. The van der Waals surface area contributed by atoms with E-state index in [4.69, 9.17) is 5.11 Å². The number of rotatable bonds is 4. The van der Waals surface area contributed by atoms with Gasteiger partial charge >= 0.3 is 5.97 Å². The van der Waals surface area contributed by atoms with Crippen LogP contribution in [0.4, 0.5) is 0 Å². The smallest absolute Gasteiger partial charge is 0.327 e. The second-order valence-electron chi connectivity index (χ2n) is 3.32. The third kappa shape index (κ3) is 1.93. The highest BCUT2D eigenvalue weighted by Gasteiger charge is 2.26. The number of imidazole rings is 1. The molecule has 1 aromatic rings. The van der Waals surface area contributed by atoms with Gasteiger partial charge in [-0.3, -0.25) is 9.69 Å². The predicted molar refractivity (Wildman–Crippen MR) is 52.0 cm³/mol. The van der Waals surface area contributed by atoms with Gasteiger partial charge in [-0.2, -0.15) is 0 Å². The Balaban J connectivity index is 3.04. The zero-order valence-electron chi connectivity index (χ0n) is 8.61. The van der Waals surface area contributed by atoms with Crippen molar-refractivity contribution in [1.82, 2.24) is 14.9 Å². The van der Waals surface area contributed by atoms with Crippen LogP contribution in [0.5, 0.6) is 0 Å². The Bertz CT molecular complexity index is 320. The highest BCUT2D eigenvalue weighted by molar-refractivity contribution is 5.75. The summed E-state index contributed by atoms with van der Waals surface area (Å²) in [5.74, 6) is -0.878. The van der Waals surface area contributed by atoms with Crippen LogP contribution in [-0.2, 0) is 11.2 Å². The van der Waals surface area contributed by atoms with E-state index >= 15 is 0 Å². The number of aliphatic carboxylic acids is 1. The van der Waals surface area contributed by atoms with Gasteiger partial charge in [0, 0.05) is 5.69 Å². The first-order valence-corrected chi connectivity index (χ1v) is 4.49. The number of aryl methyl sites for hydroxylation is 1. The van der Waals surface area contributed by atoms with Gasteiger partial charge in [0.25, 0.3) is 0 Å². The van der Waals surface area contributed by atoms with Gasteiger partial charge in [0.15, 0.2) is 6.04 Å². The number of carbonyl (C=O) groups is 1. The number of nitrogens with one attached hydrogen (secondary N) is 1. The zero-order valence-corrected chi connectivity index (χ0v) is 8.61. The van der Waals surface area contributed by atoms with E-state index in [2.05, 4.69) is 9.97 Å². The van der Waals surface area contributed by atoms with Crippen LogP contribution >= 0.6 is 0 Å². The standard InChI is InChI=1S/C9H15N3O2/c1-4-6-7(11-5-10-6)8(9(13)14)12(2)3/h5,8H,4H2,1-3H3,(H,10,11)(H,13,14). The number of carboxylic acids is 1. The van der Waals surface area contributed by atoms with Gasteiger partial charge in [-0.25, -0.2) is 4.98 Å². The first kappa shape index (κ1) is 10.7. The number of hydrogen-bond donors (Lipinski definition) is 2. The van der Waals surface area contributed by atoms with E-state index in [1.807, 2.05) is 6.92 Å². The van der Waals surface area contributed by atoms with Crippen molar-refractivity contribution >= 4 is 5.97 Å². The van der Waals surface area contributed by atoms with Gasteiger partial charge in [0.1, 0.15) is 0 Å². The van der Waals surface area contributed by atoms with E-state index in [0.29, 0.717) is 5.69 Å². The molecule has 0 aromatic carbocycles. The van der Waals surface area contributed by atoms with Gasteiger partial charge in [0.05, 0.1) is 12.0 Å². The Labute approximate surface area is 82.8 Å². The maximum Gasteiger partial charge on any atom is 0.327 e. The molecule has 0 saturated heterocycles. The Kier molecular flexibility index (Phi) is 3.24. The number of likely N-dealkylation sites (N-methyl/N-ethyl adjacent to an activating group) is 1. The molecule has 14 heavy (non-hydrogen) atoms. The van der Waals surface area contributed by atoms with Gasteiger partial charge in [-0.05, 0) is 20.5 Å². The molecule has 1 rings (SSSR count). The lowest BCUT2D eigenvalue weighted by molar-refractivity contribution is -0.142. The van der Waals surface area contributed by atoms with Gasteiger partial charge in [-0.15, -0.1) is 0 Å². The molecule has 5 nitrogen and oxygen atoms in total. The molecule has 0 saturated carbocycles. The fourth-order valence-corrected chi connectivity index (χ4v) is 1.43. The molecule has 78 valence electrons. The lowest BCUT2D eigenvalue weighted by Gasteiger charge is -2.18. The summed E-state index contributed by atoms with van der Waals surface area (Å²) in [6, 6.07) is -0.670. The minimum Gasteiger partial charge on any atom is -0.480 e. The summed E-state index contributed by atoms with van der Waals surface area (Å²) >= 11 is 0. The number of hydrogen-bond acceptors (Lipinski definition) is 3. The van der Waals surface area contributed by atoms with Crippen LogP contribution in [0, 0.1) is 0 Å². The first-order valence-electron chi connectivity index (χ1n) is 4.49. The molecule has 0 spiro atoms. The Hall–Kier alpha value is -1.36. The first-order chi connectivity index (χ1) is 6.57. The van der Waals surface area contributed by atoms with Crippen LogP contribution < -0.4 is 0 Å². The minimum absolute atomic E-state index is 0.602. The van der Waals surface area contributed by atoms with Crippen LogP contribution in [0.1, 0.15) is 24.4 Å². The Morgan fingerprint density at radius 3 is 2.79 bits per heavy atom. The van der Waals surface area contributed by atoms with Crippen molar-refractivity contribution in [2.45, 2.75) is 19.4 Å². The Morgan fingerprint density at radius 2 is 2.36 bits per heavy atom. The summed E-state index contributed by atoms with van der Waals surface area (Å²) in [4.78, 5) is 19.6. The van der Waals surface area contributed by atoms with Crippen molar-refractivity contribution < 1.29 is 9.90 Å². The largest absolute Gasteiger partial charge is 0.480 e. The molecule has 0 bridgehead atoms. The fourth-order valence-electron chi connectivity index (χ4n) is 1.43. The molecule has 1 atom stereocenters. The molecule has 1 heterocycles. The normalized spacial score (nSPS) is 13.1. The van der Waals surface area contributed by atoms with Gasteiger partial charge in [-0.1, -0.05) is 6.92 Å². The van der Waals surface area contributed by atoms with Crippen molar-refractivity contribution in [2.24, 2.45) is 0 Å². The van der Waals surface area contributed by atoms with Crippen LogP contribution in [0.2, 0.25) is 0 Å². The zero-order chi connectivity index (χ0) is 10.7. The maximum absolute atomic E-state index is 11.0. The number of H-pyrrole nitrogens is 1. The highest BCUT2D eigenvalue weighted by Crippen LogP contribution is 2.19. The lowest BCUT2D eigenvalue weighted by Crippen LogP contribution is -2.28. The van der Waals surface area contributed by atoms with Crippen molar-refractivity contribution in [3.8, 4) is 0 Å². The maximum atomic E-state index is 11.0. The molecule has 2 N–H and O–H groups in total. The van der Waals surface area contributed by atoms with Crippen LogP contribution in [-0.4, -0.2) is 40.0 Å². The van der Waals surface area contributed by atoms with E-state index in [1.165, 1.54) is 6.33 Å².